The maximum Gasteiger partial charge on any atom is 0.278 e. The van der Waals surface area contributed by atoms with E-state index < -0.39 is 0 Å². The van der Waals surface area contributed by atoms with Gasteiger partial charge in [0, 0.05) is 11.3 Å². The molecule has 0 N–H and O–H groups in total. The Kier molecular flexibility index (Phi) is 2.32. The van der Waals surface area contributed by atoms with Crippen molar-refractivity contribution in [2.75, 3.05) is 0 Å². The third-order valence-corrected chi connectivity index (χ3v) is 3.38. The summed E-state index contributed by atoms with van der Waals surface area (Å²) in [4.78, 5) is 12.3. The molecule has 0 spiro atoms. The molecule has 0 amide bonds. The summed E-state index contributed by atoms with van der Waals surface area (Å²) in [5.41, 5.74) is 4.07. The predicted octanol–water partition coefficient (Wildman–Crippen LogP) is 2.37. The van der Waals surface area contributed by atoms with Crippen LogP contribution in [0.1, 0.15) is 33.7 Å². The first-order valence-electron chi connectivity index (χ1n) is 5.94. The Hall–Kier alpha value is -1.90. The van der Waals surface area contributed by atoms with Crippen molar-refractivity contribution in [3.63, 3.8) is 0 Å². The highest BCUT2D eigenvalue weighted by atomic mass is 16.2. The van der Waals surface area contributed by atoms with Crippen molar-refractivity contribution in [3.05, 3.63) is 52.8 Å². The lowest BCUT2D eigenvalue weighted by molar-refractivity contribution is 0.0942. The summed E-state index contributed by atoms with van der Waals surface area (Å²) < 4.78 is 1.55. The van der Waals surface area contributed by atoms with E-state index in [-0.39, 0.29) is 5.91 Å². The maximum absolute atomic E-state index is 12.3. The first-order chi connectivity index (χ1) is 8.27. The normalized spacial score (nSPS) is 13.7. The van der Waals surface area contributed by atoms with E-state index in [9.17, 15) is 4.79 Å². The van der Waals surface area contributed by atoms with E-state index in [0.717, 1.165) is 24.2 Å². The van der Waals surface area contributed by atoms with E-state index in [1.54, 1.807) is 4.68 Å². The minimum absolute atomic E-state index is 0.0301. The molecule has 0 unspecified atom stereocenters. The molecule has 0 atom stereocenters. The number of rotatable bonds is 1. The van der Waals surface area contributed by atoms with Crippen LogP contribution in [0.2, 0.25) is 0 Å². The van der Waals surface area contributed by atoms with E-state index in [2.05, 4.69) is 5.10 Å². The molecule has 0 aliphatic heterocycles. The van der Waals surface area contributed by atoms with Gasteiger partial charge < -0.3 is 0 Å². The van der Waals surface area contributed by atoms with E-state index >= 15 is 0 Å². The molecule has 0 fully saturated rings. The molecule has 0 radical (unpaired) electrons. The number of aryl methyl sites for hydroxylation is 1. The fourth-order valence-electron chi connectivity index (χ4n) is 2.45. The van der Waals surface area contributed by atoms with Crippen LogP contribution in [0.25, 0.3) is 0 Å². The Morgan fingerprint density at radius 2 is 2.00 bits per heavy atom. The number of hydrogen-bond donors (Lipinski definition) is 0. The number of carbonyl (C=O) groups is 1. The zero-order chi connectivity index (χ0) is 11.8. The van der Waals surface area contributed by atoms with E-state index in [1.165, 1.54) is 12.0 Å². The summed E-state index contributed by atoms with van der Waals surface area (Å²) in [5.74, 6) is -0.0301. The molecule has 1 aromatic carbocycles. The topological polar surface area (TPSA) is 34.9 Å². The molecule has 3 heteroatoms. The van der Waals surface area contributed by atoms with Crippen molar-refractivity contribution in [3.8, 4) is 0 Å². The maximum atomic E-state index is 12.3. The average molecular weight is 226 g/mol. The van der Waals surface area contributed by atoms with Gasteiger partial charge in [0.1, 0.15) is 0 Å². The van der Waals surface area contributed by atoms with Crippen LogP contribution in [-0.2, 0) is 12.8 Å². The SMILES string of the molecule is Cc1c2c(nn1C(=O)c1ccccc1)CCC2. The van der Waals surface area contributed by atoms with Crippen LogP contribution in [0.3, 0.4) is 0 Å². The molecule has 3 nitrogen and oxygen atoms in total. The van der Waals surface area contributed by atoms with Crippen molar-refractivity contribution >= 4 is 5.91 Å². The van der Waals surface area contributed by atoms with Crippen molar-refractivity contribution in [2.24, 2.45) is 0 Å². The molecule has 0 bridgehead atoms. The van der Waals surface area contributed by atoms with Crippen molar-refractivity contribution in [1.29, 1.82) is 0 Å². The summed E-state index contributed by atoms with van der Waals surface area (Å²) >= 11 is 0. The third-order valence-electron chi connectivity index (χ3n) is 3.38. The van der Waals surface area contributed by atoms with Gasteiger partial charge in [-0.1, -0.05) is 18.2 Å². The van der Waals surface area contributed by atoms with Crippen LogP contribution in [-0.4, -0.2) is 15.7 Å². The minimum Gasteiger partial charge on any atom is -0.267 e. The zero-order valence-corrected chi connectivity index (χ0v) is 9.81. The number of carbonyl (C=O) groups excluding carboxylic acids is 1. The Labute approximate surface area is 100 Å². The van der Waals surface area contributed by atoms with Crippen LogP contribution in [0.15, 0.2) is 30.3 Å². The second kappa shape index (κ2) is 3.84. The Balaban J connectivity index is 2.03. The van der Waals surface area contributed by atoms with Gasteiger partial charge in [-0.15, -0.1) is 0 Å². The number of fused-ring (bicyclic) bond motifs is 1. The molecule has 1 aliphatic rings. The first-order valence-corrected chi connectivity index (χ1v) is 5.94. The summed E-state index contributed by atoms with van der Waals surface area (Å²) in [6.45, 7) is 1.98. The molecule has 0 saturated heterocycles. The first kappa shape index (κ1) is 10.3. The number of aromatic nitrogens is 2. The van der Waals surface area contributed by atoms with Crippen LogP contribution >= 0.6 is 0 Å². The second-order valence-electron chi connectivity index (χ2n) is 4.45. The second-order valence-corrected chi connectivity index (χ2v) is 4.45. The number of nitrogens with zero attached hydrogens (tertiary/aromatic N) is 2. The van der Waals surface area contributed by atoms with Crippen LogP contribution in [0.5, 0.6) is 0 Å². The lowest BCUT2D eigenvalue weighted by atomic mass is 10.2. The molecule has 1 aliphatic carbocycles. The monoisotopic (exact) mass is 226 g/mol. The van der Waals surface area contributed by atoms with E-state index in [4.69, 9.17) is 0 Å². The van der Waals surface area contributed by atoms with Crippen molar-refractivity contribution in [2.45, 2.75) is 26.2 Å². The van der Waals surface area contributed by atoms with Crippen molar-refractivity contribution < 1.29 is 4.79 Å². The highest BCUT2D eigenvalue weighted by Crippen LogP contribution is 2.24. The lowest BCUT2D eigenvalue weighted by Crippen LogP contribution is -2.15. The fraction of sp³-hybridized carbons (Fsp3) is 0.286. The average Bonchev–Trinajstić information content (AvgIpc) is 2.93. The minimum atomic E-state index is -0.0301. The Morgan fingerprint density at radius 3 is 2.71 bits per heavy atom. The van der Waals surface area contributed by atoms with Gasteiger partial charge >= 0.3 is 0 Å². The molecule has 86 valence electrons. The van der Waals surface area contributed by atoms with Crippen LogP contribution in [0.4, 0.5) is 0 Å². The summed E-state index contributed by atoms with van der Waals surface area (Å²) in [5, 5.41) is 4.43. The summed E-state index contributed by atoms with van der Waals surface area (Å²) in [6.07, 6.45) is 3.23. The number of hydrogen-bond acceptors (Lipinski definition) is 2. The van der Waals surface area contributed by atoms with Gasteiger partial charge in [0.05, 0.1) is 5.69 Å². The summed E-state index contributed by atoms with van der Waals surface area (Å²) in [7, 11) is 0. The lowest BCUT2D eigenvalue weighted by Gasteiger charge is -2.04. The van der Waals surface area contributed by atoms with Gasteiger partial charge in [-0.2, -0.15) is 5.10 Å². The molecule has 2 aromatic rings. The van der Waals surface area contributed by atoms with Crippen molar-refractivity contribution in [1.82, 2.24) is 9.78 Å². The van der Waals surface area contributed by atoms with Gasteiger partial charge in [0.15, 0.2) is 0 Å². The zero-order valence-electron chi connectivity index (χ0n) is 9.81. The quantitative estimate of drug-likeness (QED) is 0.748. The molecular weight excluding hydrogens is 212 g/mol. The van der Waals surface area contributed by atoms with Gasteiger partial charge in [0.2, 0.25) is 0 Å². The van der Waals surface area contributed by atoms with Gasteiger partial charge in [-0.05, 0) is 43.9 Å². The molecule has 1 heterocycles. The van der Waals surface area contributed by atoms with Gasteiger partial charge in [0.25, 0.3) is 5.91 Å². The fourth-order valence-corrected chi connectivity index (χ4v) is 2.45. The van der Waals surface area contributed by atoms with Gasteiger partial charge in [-0.3, -0.25) is 4.79 Å². The highest BCUT2D eigenvalue weighted by molar-refractivity contribution is 5.95. The molecule has 3 rings (SSSR count). The standard InChI is InChI=1S/C14H14N2O/c1-10-12-8-5-9-13(12)15-16(10)14(17)11-6-3-2-4-7-11/h2-4,6-7H,5,8-9H2,1H3. The van der Waals surface area contributed by atoms with Crippen LogP contribution in [0, 0.1) is 6.92 Å². The van der Waals surface area contributed by atoms with E-state index in [0.29, 0.717) is 5.56 Å². The van der Waals surface area contributed by atoms with E-state index in [1.807, 2.05) is 37.3 Å². The Bertz CT molecular complexity index is 569. The third kappa shape index (κ3) is 1.58. The molecule has 17 heavy (non-hydrogen) atoms. The smallest absolute Gasteiger partial charge is 0.267 e. The summed E-state index contributed by atoms with van der Waals surface area (Å²) in [6, 6.07) is 9.31. The number of benzene rings is 1. The van der Waals surface area contributed by atoms with Crippen LogP contribution < -0.4 is 0 Å². The largest absolute Gasteiger partial charge is 0.278 e. The highest BCUT2D eigenvalue weighted by Gasteiger charge is 2.22. The predicted molar refractivity (Wildman–Crippen MR) is 65.2 cm³/mol. The molecular formula is C14H14N2O. The van der Waals surface area contributed by atoms with Gasteiger partial charge in [-0.25, -0.2) is 4.68 Å². The molecule has 1 aromatic heterocycles. The Morgan fingerprint density at radius 1 is 1.24 bits per heavy atom. The molecule has 0 saturated carbocycles.